The van der Waals surface area contributed by atoms with E-state index >= 15 is 0 Å². The Bertz CT molecular complexity index is 636. The van der Waals surface area contributed by atoms with Gasteiger partial charge in [-0.2, -0.15) is 4.98 Å². The fraction of sp³-hybridized carbons (Fsp3) is 0.385. The molecule has 0 spiro atoms. The van der Waals surface area contributed by atoms with Gasteiger partial charge in [-0.25, -0.2) is 0 Å². The number of nitro benzene ring substituents is 1. The molecule has 0 bridgehead atoms. The molecular weight excluding hydrogens is 260 g/mol. The number of aromatic nitrogens is 2. The van der Waals surface area contributed by atoms with Crippen molar-refractivity contribution in [2.75, 3.05) is 0 Å². The highest BCUT2D eigenvalue weighted by Gasteiger charge is 2.20. The van der Waals surface area contributed by atoms with Crippen molar-refractivity contribution in [2.24, 2.45) is 5.73 Å². The van der Waals surface area contributed by atoms with E-state index in [0.717, 1.165) is 5.56 Å². The minimum Gasteiger partial charge on any atom is -0.339 e. The average Bonchev–Trinajstić information content (AvgIpc) is 2.87. The predicted molar refractivity (Wildman–Crippen MR) is 73.2 cm³/mol. The van der Waals surface area contributed by atoms with Crippen LogP contribution in [0.4, 0.5) is 5.69 Å². The fourth-order valence-corrected chi connectivity index (χ4v) is 1.72. The number of aryl methyl sites for hydroxylation is 1. The number of nitrogens with two attached hydrogens (primary N) is 1. The predicted octanol–water partition coefficient (Wildman–Crippen LogP) is 2.40. The van der Waals surface area contributed by atoms with Crippen LogP contribution in [0.3, 0.4) is 0 Å². The lowest BCUT2D eigenvalue weighted by Gasteiger charge is -2.09. The van der Waals surface area contributed by atoms with E-state index in [1.807, 2.05) is 20.8 Å². The van der Waals surface area contributed by atoms with Gasteiger partial charge in [-0.15, -0.1) is 0 Å². The molecule has 2 N–H and O–H groups in total. The van der Waals surface area contributed by atoms with E-state index in [0.29, 0.717) is 17.3 Å². The van der Waals surface area contributed by atoms with E-state index in [-0.39, 0.29) is 17.6 Å². The molecule has 2 aromatic rings. The van der Waals surface area contributed by atoms with Crippen molar-refractivity contribution < 1.29 is 9.45 Å². The van der Waals surface area contributed by atoms with E-state index in [2.05, 4.69) is 10.1 Å². The van der Waals surface area contributed by atoms with E-state index in [1.165, 1.54) is 12.1 Å². The summed E-state index contributed by atoms with van der Waals surface area (Å²) < 4.78 is 5.19. The van der Waals surface area contributed by atoms with Gasteiger partial charge in [-0.05, 0) is 19.4 Å². The van der Waals surface area contributed by atoms with Gasteiger partial charge in [0.2, 0.25) is 11.7 Å². The van der Waals surface area contributed by atoms with Crippen molar-refractivity contribution in [3.63, 3.8) is 0 Å². The highest BCUT2D eigenvalue weighted by atomic mass is 16.6. The van der Waals surface area contributed by atoms with E-state index in [9.17, 15) is 10.1 Å². The van der Waals surface area contributed by atoms with Crippen molar-refractivity contribution in [1.29, 1.82) is 0 Å². The Morgan fingerprint density at radius 3 is 2.70 bits per heavy atom. The molecule has 7 nitrogen and oxygen atoms in total. The normalized spacial score (nSPS) is 14.0. The van der Waals surface area contributed by atoms with E-state index in [4.69, 9.17) is 10.3 Å². The zero-order chi connectivity index (χ0) is 14.9. The van der Waals surface area contributed by atoms with Crippen molar-refractivity contribution in [1.82, 2.24) is 10.1 Å². The van der Waals surface area contributed by atoms with E-state index < -0.39 is 4.92 Å². The van der Waals surface area contributed by atoms with Gasteiger partial charge in [0, 0.05) is 23.7 Å². The molecule has 2 rings (SSSR count). The molecule has 0 saturated heterocycles. The van der Waals surface area contributed by atoms with Crippen LogP contribution in [0.15, 0.2) is 22.7 Å². The molecule has 2 unspecified atom stereocenters. The van der Waals surface area contributed by atoms with Gasteiger partial charge < -0.3 is 10.3 Å². The van der Waals surface area contributed by atoms with Crippen molar-refractivity contribution in [3.8, 4) is 11.4 Å². The van der Waals surface area contributed by atoms with Gasteiger partial charge in [0.05, 0.1) is 10.8 Å². The zero-order valence-electron chi connectivity index (χ0n) is 11.5. The molecule has 0 amide bonds. The lowest BCUT2D eigenvalue weighted by atomic mass is 10.0. The number of rotatable bonds is 4. The fourth-order valence-electron chi connectivity index (χ4n) is 1.72. The highest BCUT2D eigenvalue weighted by molar-refractivity contribution is 5.63. The number of non-ortho nitro benzene ring substituents is 1. The lowest BCUT2D eigenvalue weighted by molar-refractivity contribution is -0.384. The number of hydrogen-bond donors (Lipinski definition) is 1. The molecule has 106 valence electrons. The quantitative estimate of drug-likeness (QED) is 0.678. The molecule has 2 atom stereocenters. The Hall–Kier alpha value is -2.28. The lowest BCUT2D eigenvalue weighted by Crippen LogP contribution is -2.22. The number of benzene rings is 1. The van der Waals surface area contributed by atoms with Gasteiger partial charge in [0.25, 0.3) is 5.69 Å². The van der Waals surface area contributed by atoms with Crippen LogP contribution in [0.2, 0.25) is 0 Å². The maximum atomic E-state index is 10.8. The first-order chi connectivity index (χ1) is 9.40. The Kier molecular flexibility index (Phi) is 3.80. The van der Waals surface area contributed by atoms with Gasteiger partial charge >= 0.3 is 0 Å². The van der Waals surface area contributed by atoms with Crippen molar-refractivity contribution in [3.05, 3.63) is 39.8 Å². The zero-order valence-corrected chi connectivity index (χ0v) is 11.5. The third kappa shape index (κ3) is 2.67. The molecule has 7 heteroatoms. The molecule has 1 heterocycles. The second-order valence-corrected chi connectivity index (χ2v) is 4.86. The first-order valence-electron chi connectivity index (χ1n) is 6.24. The first kappa shape index (κ1) is 14.1. The maximum absolute atomic E-state index is 10.8. The third-order valence-electron chi connectivity index (χ3n) is 3.29. The molecule has 1 aromatic carbocycles. The standard InChI is InChI=1S/C13H16N4O3/c1-7-4-5-10(17(18)19)6-11(7)12-15-13(20-16-12)8(2)9(3)14/h4-6,8-9H,14H2,1-3H3. The molecule has 0 aliphatic heterocycles. The smallest absolute Gasteiger partial charge is 0.270 e. The summed E-state index contributed by atoms with van der Waals surface area (Å²) in [5.41, 5.74) is 7.22. The first-order valence-corrected chi connectivity index (χ1v) is 6.24. The van der Waals surface area contributed by atoms with Crippen LogP contribution >= 0.6 is 0 Å². The number of nitro groups is 1. The Morgan fingerprint density at radius 1 is 1.40 bits per heavy atom. The topological polar surface area (TPSA) is 108 Å². The third-order valence-corrected chi connectivity index (χ3v) is 3.29. The number of nitrogens with zero attached hydrogens (tertiary/aromatic N) is 3. The Morgan fingerprint density at radius 2 is 2.10 bits per heavy atom. The molecule has 0 fully saturated rings. The van der Waals surface area contributed by atoms with Crippen LogP contribution in [0.5, 0.6) is 0 Å². The molecule has 0 aliphatic carbocycles. The molecule has 1 aromatic heterocycles. The summed E-state index contributed by atoms with van der Waals surface area (Å²) in [6, 6.07) is 4.44. The summed E-state index contributed by atoms with van der Waals surface area (Å²) in [7, 11) is 0. The summed E-state index contributed by atoms with van der Waals surface area (Å²) in [6.07, 6.45) is 0. The van der Waals surface area contributed by atoms with E-state index in [1.54, 1.807) is 6.07 Å². The molecule has 0 saturated carbocycles. The second-order valence-electron chi connectivity index (χ2n) is 4.86. The van der Waals surface area contributed by atoms with Crippen LogP contribution in [0, 0.1) is 17.0 Å². The monoisotopic (exact) mass is 276 g/mol. The minimum atomic E-state index is -0.450. The molecular formula is C13H16N4O3. The second kappa shape index (κ2) is 5.38. The Balaban J connectivity index is 2.42. The van der Waals surface area contributed by atoms with Gasteiger partial charge in [0.15, 0.2) is 0 Å². The van der Waals surface area contributed by atoms with Gasteiger partial charge in [-0.1, -0.05) is 18.1 Å². The van der Waals surface area contributed by atoms with Crippen LogP contribution < -0.4 is 5.73 Å². The largest absolute Gasteiger partial charge is 0.339 e. The van der Waals surface area contributed by atoms with Gasteiger partial charge in [-0.3, -0.25) is 10.1 Å². The molecule has 0 aliphatic rings. The summed E-state index contributed by atoms with van der Waals surface area (Å²) in [5, 5.41) is 14.7. The Labute approximate surface area is 115 Å². The van der Waals surface area contributed by atoms with Crippen LogP contribution in [0.1, 0.15) is 31.2 Å². The average molecular weight is 276 g/mol. The summed E-state index contributed by atoms with van der Waals surface area (Å²) in [4.78, 5) is 14.7. The summed E-state index contributed by atoms with van der Waals surface area (Å²) in [6.45, 7) is 5.58. The summed E-state index contributed by atoms with van der Waals surface area (Å²) in [5.74, 6) is 0.699. The highest BCUT2D eigenvalue weighted by Crippen LogP contribution is 2.27. The van der Waals surface area contributed by atoms with Gasteiger partial charge in [0.1, 0.15) is 0 Å². The van der Waals surface area contributed by atoms with Crippen LogP contribution in [0.25, 0.3) is 11.4 Å². The number of hydrogen-bond acceptors (Lipinski definition) is 6. The molecule has 20 heavy (non-hydrogen) atoms. The maximum Gasteiger partial charge on any atom is 0.270 e. The van der Waals surface area contributed by atoms with Crippen molar-refractivity contribution >= 4 is 5.69 Å². The molecule has 0 radical (unpaired) electrons. The van der Waals surface area contributed by atoms with Crippen molar-refractivity contribution in [2.45, 2.75) is 32.7 Å². The van der Waals surface area contributed by atoms with Crippen LogP contribution in [-0.2, 0) is 0 Å². The summed E-state index contributed by atoms with van der Waals surface area (Å²) >= 11 is 0. The minimum absolute atomic E-state index is 0.00260. The SMILES string of the molecule is Cc1ccc([N+](=O)[O-])cc1-c1noc(C(C)C(C)N)n1. The van der Waals surface area contributed by atoms with Crippen LogP contribution in [-0.4, -0.2) is 21.1 Å².